The highest BCUT2D eigenvalue weighted by Crippen LogP contribution is 2.18. The maximum atomic E-state index is 11.4. The minimum Gasteiger partial charge on any atom is -0.398 e. The third-order valence-electron chi connectivity index (χ3n) is 3.52. The molecule has 0 saturated carbocycles. The van der Waals surface area contributed by atoms with Crippen LogP contribution in [0, 0.1) is 0 Å². The van der Waals surface area contributed by atoms with E-state index in [2.05, 4.69) is 10.2 Å². The van der Waals surface area contributed by atoms with Crippen LogP contribution in [-0.4, -0.2) is 50.1 Å². The van der Waals surface area contributed by atoms with Crippen LogP contribution in [0.5, 0.6) is 0 Å². The minimum atomic E-state index is -0.000494. The zero-order chi connectivity index (χ0) is 14.4. The summed E-state index contributed by atoms with van der Waals surface area (Å²) in [4.78, 5) is 13.8. The topological polar surface area (TPSA) is 67.6 Å². The number of carbonyl (C=O) groups excluding carboxylic acids is 1. The number of ketones is 1. The molecule has 3 N–H and O–H groups in total. The first kappa shape index (κ1) is 14.8. The molecule has 0 unspecified atom stereocenters. The highest BCUT2D eigenvalue weighted by atomic mass is 16.5. The lowest BCUT2D eigenvalue weighted by atomic mass is 10.1. The van der Waals surface area contributed by atoms with Crippen molar-refractivity contribution in [2.24, 2.45) is 0 Å². The molecule has 1 aromatic carbocycles. The van der Waals surface area contributed by atoms with Crippen LogP contribution < -0.4 is 11.1 Å². The summed E-state index contributed by atoms with van der Waals surface area (Å²) in [5.41, 5.74) is 7.85. The van der Waals surface area contributed by atoms with Crippen molar-refractivity contribution in [3.8, 4) is 0 Å². The summed E-state index contributed by atoms with van der Waals surface area (Å²) in [5, 5.41) is 3.34. The van der Waals surface area contributed by atoms with E-state index in [1.54, 1.807) is 6.07 Å². The molecule has 0 radical (unpaired) electrons. The molecule has 1 aliphatic heterocycles. The van der Waals surface area contributed by atoms with Crippen LogP contribution in [0.25, 0.3) is 0 Å². The van der Waals surface area contributed by atoms with Crippen molar-refractivity contribution in [1.82, 2.24) is 4.90 Å². The van der Waals surface area contributed by atoms with E-state index in [4.69, 9.17) is 10.5 Å². The van der Waals surface area contributed by atoms with Crippen LogP contribution in [-0.2, 0) is 4.74 Å². The number of anilines is 2. The second-order valence-corrected chi connectivity index (χ2v) is 5.09. The predicted octanol–water partition coefficient (Wildman–Crippen LogP) is 1.61. The normalized spacial score (nSPS) is 16.1. The smallest absolute Gasteiger partial charge is 0.161 e. The van der Waals surface area contributed by atoms with Crippen molar-refractivity contribution in [2.75, 3.05) is 50.4 Å². The fraction of sp³-hybridized carbons (Fsp3) is 0.533. The van der Waals surface area contributed by atoms with E-state index in [1.165, 1.54) is 6.92 Å². The molecule has 110 valence electrons. The average Bonchev–Trinajstić information content (AvgIpc) is 2.46. The Labute approximate surface area is 120 Å². The fourth-order valence-corrected chi connectivity index (χ4v) is 2.33. The molecular weight excluding hydrogens is 254 g/mol. The highest BCUT2D eigenvalue weighted by molar-refractivity contribution is 5.99. The van der Waals surface area contributed by atoms with Gasteiger partial charge in [-0.15, -0.1) is 0 Å². The molecule has 0 amide bonds. The molecule has 1 aromatic rings. The van der Waals surface area contributed by atoms with Gasteiger partial charge < -0.3 is 15.8 Å². The van der Waals surface area contributed by atoms with E-state index >= 15 is 0 Å². The maximum absolute atomic E-state index is 11.4. The summed E-state index contributed by atoms with van der Waals surface area (Å²) in [5.74, 6) is -0.000494. The summed E-state index contributed by atoms with van der Waals surface area (Å²) < 4.78 is 5.32. The number of nitrogen functional groups attached to an aromatic ring is 1. The van der Waals surface area contributed by atoms with Gasteiger partial charge in [-0.3, -0.25) is 9.69 Å². The SMILES string of the molecule is CC(=O)c1cc(NCCCN2CCOCC2)ccc1N. The predicted molar refractivity (Wildman–Crippen MR) is 81.2 cm³/mol. The fourth-order valence-electron chi connectivity index (χ4n) is 2.33. The Balaban J connectivity index is 1.76. The second kappa shape index (κ2) is 7.26. The molecule has 1 saturated heterocycles. The first-order valence-electron chi connectivity index (χ1n) is 7.11. The molecule has 0 atom stereocenters. The number of Topliss-reactive ketones (excluding diaryl/α,β-unsaturated/α-hetero) is 1. The molecule has 5 heteroatoms. The highest BCUT2D eigenvalue weighted by Gasteiger charge is 2.09. The number of nitrogens with two attached hydrogens (primary N) is 1. The Bertz CT molecular complexity index is 456. The van der Waals surface area contributed by atoms with E-state index in [9.17, 15) is 4.79 Å². The Morgan fingerprint density at radius 3 is 2.85 bits per heavy atom. The summed E-state index contributed by atoms with van der Waals surface area (Å²) in [6, 6.07) is 5.52. The van der Waals surface area contributed by atoms with Crippen LogP contribution in [0.2, 0.25) is 0 Å². The van der Waals surface area contributed by atoms with E-state index in [1.807, 2.05) is 12.1 Å². The van der Waals surface area contributed by atoms with Gasteiger partial charge in [0.15, 0.2) is 5.78 Å². The number of benzene rings is 1. The third-order valence-corrected chi connectivity index (χ3v) is 3.52. The van der Waals surface area contributed by atoms with Crippen molar-refractivity contribution >= 4 is 17.2 Å². The molecule has 0 bridgehead atoms. The number of hydrogen-bond donors (Lipinski definition) is 2. The van der Waals surface area contributed by atoms with Crippen molar-refractivity contribution in [3.05, 3.63) is 23.8 Å². The Morgan fingerprint density at radius 1 is 1.40 bits per heavy atom. The first-order chi connectivity index (χ1) is 9.66. The Hall–Kier alpha value is -1.59. The van der Waals surface area contributed by atoms with Crippen molar-refractivity contribution in [1.29, 1.82) is 0 Å². The number of nitrogens with zero attached hydrogens (tertiary/aromatic N) is 1. The summed E-state index contributed by atoms with van der Waals surface area (Å²) in [7, 11) is 0. The molecule has 0 spiro atoms. The molecule has 5 nitrogen and oxygen atoms in total. The lowest BCUT2D eigenvalue weighted by molar-refractivity contribution is 0.0378. The lowest BCUT2D eigenvalue weighted by Crippen LogP contribution is -2.37. The molecular formula is C15H23N3O2. The average molecular weight is 277 g/mol. The van der Waals surface area contributed by atoms with Gasteiger partial charge in [-0.1, -0.05) is 0 Å². The van der Waals surface area contributed by atoms with Gasteiger partial charge in [0.1, 0.15) is 0 Å². The zero-order valence-electron chi connectivity index (χ0n) is 12.0. The van der Waals surface area contributed by atoms with E-state index < -0.39 is 0 Å². The van der Waals surface area contributed by atoms with E-state index in [-0.39, 0.29) is 5.78 Å². The van der Waals surface area contributed by atoms with Gasteiger partial charge in [0.25, 0.3) is 0 Å². The number of nitrogens with one attached hydrogen (secondary N) is 1. The largest absolute Gasteiger partial charge is 0.398 e. The number of hydrogen-bond acceptors (Lipinski definition) is 5. The summed E-state index contributed by atoms with van der Waals surface area (Å²) >= 11 is 0. The number of morpholine rings is 1. The van der Waals surface area contributed by atoms with Crippen LogP contribution in [0.3, 0.4) is 0 Å². The maximum Gasteiger partial charge on any atom is 0.161 e. The molecule has 0 aromatic heterocycles. The molecule has 2 rings (SSSR count). The van der Waals surface area contributed by atoms with Gasteiger partial charge in [-0.2, -0.15) is 0 Å². The van der Waals surface area contributed by atoms with Gasteiger partial charge in [0, 0.05) is 36.6 Å². The monoisotopic (exact) mass is 277 g/mol. The minimum absolute atomic E-state index is 0.000494. The molecule has 0 aliphatic carbocycles. The van der Waals surface area contributed by atoms with Crippen LogP contribution in [0.4, 0.5) is 11.4 Å². The van der Waals surface area contributed by atoms with Crippen molar-refractivity contribution in [3.63, 3.8) is 0 Å². The number of rotatable bonds is 6. The van der Waals surface area contributed by atoms with E-state index in [0.29, 0.717) is 11.3 Å². The molecule has 1 fully saturated rings. The van der Waals surface area contributed by atoms with Crippen LogP contribution >= 0.6 is 0 Å². The zero-order valence-corrected chi connectivity index (χ0v) is 12.0. The van der Waals surface area contributed by atoms with Crippen molar-refractivity contribution < 1.29 is 9.53 Å². The van der Waals surface area contributed by atoms with Gasteiger partial charge in [0.05, 0.1) is 13.2 Å². The van der Waals surface area contributed by atoms with E-state index in [0.717, 1.165) is 51.5 Å². The van der Waals surface area contributed by atoms with Gasteiger partial charge in [-0.25, -0.2) is 0 Å². The van der Waals surface area contributed by atoms with Crippen molar-refractivity contribution in [2.45, 2.75) is 13.3 Å². The second-order valence-electron chi connectivity index (χ2n) is 5.09. The summed E-state index contributed by atoms with van der Waals surface area (Å²) in [6.45, 7) is 7.23. The lowest BCUT2D eigenvalue weighted by Gasteiger charge is -2.26. The quantitative estimate of drug-likeness (QED) is 0.470. The summed E-state index contributed by atoms with van der Waals surface area (Å²) in [6.07, 6.45) is 1.07. The molecule has 20 heavy (non-hydrogen) atoms. The molecule has 1 heterocycles. The number of carbonyl (C=O) groups is 1. The molecule has 1 aliphatic rings. The standard InChI is InChI=1S/C15H23N3O2/c1-12(19)14-11-13(3-4-15(14)16)17-5-2-6-18-7-9-20-10-8-18/h3-4,11,17H,2,5-10,16H2,1H3. The van der Waals surface area contributed by atoms with Gasteiger partial charge in [-0.05, 0) is 38.1 Å². The van der Waals surface area contributed by atoms with Crippen LogP contribution in [0.1, 0.15) is 23.7 Å². The van der Waals surface area contributed by atoms with Crippen LogP contribution in [0.15, 0.2) is 18.2 Å². The van der Waals surface area contributed by atoms with Gasteiger partial charge in [0.2, 0.25) is 0 Å². The third kappa shape index (κ3) is 4.21. The first-order valence-corrected chi connectivity index (χ1v) is 7.11. The Kier molecular flexibility index (Phi) is 5.38. The Morgan fingerprint density at radius 2 is 2.15 bits per heavy atom. The number of ether oxygens (including phenoxy) is 1. The van der Waals surface area contributed by atoms with Gasteiger partial charge >= 0.3 is 0 Å².